The molecule has 0 saturated carbocycles. The Morgan fingerprint density at radius 2 is 1.93 bits per heavy atom. The number of carbonyl (C=O) groups is 2. The van der Waals surface area contributed by atoms with Crippen LogP contribution in [0, 0.1) is 11.3 Å². The average molecular weight is 405 g/mol. The molecule has 0 heterocycles. The van der Waals surface area contributed by atoms with Gasteiger partial charge in [0.25, 0.3) is 5.91 Å². The lowest BCUT2D eigenvalue weighted by Crippen LogP contribution is -2.13. The molecule has 2 aromatic rings. The molecular formula is C19H14Cl2N2O4. The van der Waals surface area contributed by atoms with Crippen LogP contribution in [0.15, 0.2) is 42.0 Å². The van der Waals surface area contributed by atoms with Crippen molar-refractivity contribution in [1.29, 1.82) is 5.26 Å². The number of methoxy groups -OCH3 is 1. The van der Waals surface area contributed by atoms with Crippen molar-refractivity contribution in [2.45, 2.75) is 6.92 Å². The smallest absolute Gasteiger partial charge is 0.308 e. The van der Waals surface area contributed by atoms with Crippen molar-refractivity contribution >= 4 is 46.8 Å². The topological polar surface area (TPSA) is 88.4 Å². The maximum absolute atomic E-state index is 12.4. The van der Waals surface area contributed by atoms with E-state index in [4.69, 9.17) is 32.7 Å². The molecule has 0 aliphatic heterocycles. The molecule has 0 atom stereocenters. The van der Waals surface area contributed by atoms with Crippen LogP contribution in [0.25, 0.3) is 6.08 Å². The second-order valence-electron chi connectivity index (χ2n) is 5.23. The number of nitriles is 1. The van der Waals surface area contributed by atoms with Crippen molar-refractivity contribution in [2.75, 3.05) is 12.4 Å². The molecule has 1 amide bonds. The minimum atomic E-state index is -0.648. The first-order valence-corrected chi connectivity index (χ1v) is 8.35. The number of benzene rings is 2. The first-order chi connectivity index (χ1) is 12.8. The molecule has 1 N–H and O–H groups in total. The molecule has 0 aromatic heterocycles. The summed E-state index contributed by atoms with van der Waals surface area (Å²) in [4.78, 5) is 23.5. The van der Waals surface area contributed by atoms with Gasteiger partial charge in [-0.05, 0) is 35.9 Å². The number of anilines is 1. The SMILES string of the molecule is COc1cc(C=C(C#N)C(=O)Nc2cccc(Cl)c2Cl)ccc1OC(C)=O. The van der Waals surface area contributed by atoms with Gasteiger partial charge in [-0.2, -0.15) is 5.26 Å². The number of hydrogen-bond acceptors (Lipinski definition) is 5. The van der Waals surface area contributed by atoms with Crippen LogP contribution in [0.3, 0.4) is 0 Å². The number of hydrogen-bond donors (Lipinski definition) is 1. The van der Waals surface area contributed by atoms with Crippen LogP contribution in [-0.4, -0.2) is 19.0 Å². The van der Waals surface area contributed by atoms with E-state index in [0.717, 1.165) is 0 Å². The van der Waals surface area contributed by atoms with Crippen LogP contribution < -0.4 is 14.8 Å². The van der Waals surface area contributed by atoms with Crippen LogP contribution in [0.2, 0.25) is 10.0 Å². The molecule has 0 unspecified atom stereocenters. The lowest BCUT2D eigenvalue weighted by atomic mass is 10.1. The van der Waals surface area contributed by atoms with Crippen LogP contribution in [0.4, 0.5) is 5.69 Å². The molecule has 2 aromatic carbocycles. The molecule has 0 bridgehead atoms. The quantitative estimate of drug-likeness (QED) is 0.343. The normalized spacial score (nSPS) is 10.7. The number of halogens is 2. The molecule has 0 saturated heterocycles. The third-order valence-corrected chi connectivity index (χ3v) is 4.14. The lowest BCUT2D eigenvalue weighted by molar-refractivity contribution is -0.132. The first kappa shape index (κ1) is 20.3. The van der Waals surface area contributed by atoms with Gasteiger partial charge in [0, 0.05) is 6.92 Å². The van der Waals surface area contributed by atoms with E-state index < -0.39 is 11.9 Å². The van der Waals surface area contributed by atoms with E-state index in [-0.39, 0.29) is 32.8 Å². The lowest BCUT2D eigenvalue weighted by Gasteiger charge is -2.09. The van der Waals surface area contributed by atoms with Gasteiger partial charge in [0.15, 0.2) is 11.5 Å². The van der Waals surface area contributed by atoms with Crippen molar-refractivity contribution in [3.05, 3.63) is 57.6 Å². The highest BCUT2D eigenvalue weighted by molar-refractivity contribution is 6.44. The number of amides is 1. The van der Waals surface area contributed by atoms with E-state index >= 15 is 0 Å². The Kier molecular flexibility index (Phi) is 6.83. The third kappa shape index (κ3) is 5.23. The molecule has 0 aliphatic carbocycles. The number of carbonyl (C=O) groups excluding carboxylic acids is 2. The van der Waals surface area contributed by atoms with Crippen molar-refractivity contribution < 1.29 is 19.1 Å². The van der Waals surface area contributed by atoms with Crippen LogP contribution in [0.5, 0.6) is 11.5 Å². The zero-order valence-electron chi connectivity index (χ0n) is 14.4. The van der Waals surface area contributed by atoms with Gasteiger partial charge in [-0.3, -0.25) is 9.59 Å². The number of esters is 1. The van der Waals surface area contributed by atoms with E-state index in [2.05, 4.69) is 5.32 Å². The summed E-state index contributed by atoms with van der Waals surface area (Å²) in [6.07, 6.45) is 1.37. The standard InChI is InChI=1S/C19H14Cl2N2O4/c1-11(24)27-16-7-6-12(9-17(16)26-2)8-13(10-22)19(25)23-15-5-3-4-14(20)18(15)21/h3-9H,1-2H3,(H,23,25). The summed E-state index contributed by atoms with van der Waals surface area (Å²) < 4.78 is 10.2. The van der Waals surface area contributed by atoms with Crippen molar-refractivity contribution in [2.24, 2.45) is 0 Å². The Labute approximate surface area is 165 Å². The first-order valence-electron chi connectivity index (χ1n) is 7.59. The molecule has 6 nitrogen and oxygen atoms in total. The minimum absolute atomic E-state index is 0.159. The van der Waals surface area contributed by atoms with Gasteiger partial charge >= 0.3 is 5.97 Å². The van der Waals surface area contributed by atoms with Gasteiger partial charge in [0.2, 0.25) is 0 Å². The molecule has 0 aliphatic rings. The van der Waals surface area contributed by atoms with Gasteiger partial charge in [0.05, 0.1) is 22.8 Å². The highest BCUT2D eigenvalue weighted by atomic mass is 35.5. The molecule has 0 radical (unpaired) electrons. The molecule has 0 fully saturated rings. The van der Waals surface area contributed by atoms with Crippen LogP contribution in [0.1, 0.15) is 12.5 Å². The van der Waals surface area contributed by atoms with Crippen LogP contribution >= 0.6 is 23.2 Å². The van der Waals surface area contributed by atoms with Crippen molar-refractivity contribution in [1.82, 2.24) is 0 Å². The number of ether oxygens (including phenoxy) is 2. The highest BCUT2D eigenvalue weighted by Crippen LogP contribution is 2.31. The highest BCUT2D eigenvalue weighted by Gasteiger charge is 2.14. The Bertz CT molecular complexity index is 965. The zero-order chi connectivity index (χ0) is 20.0. The van der Waals surface area contributed by atoms with Crippen molar-refractivity contribution in [3.8, 4) is 17.6 Å². The predicted molar refractivity (Wildman–Crippen MR) is 103 cm³/mol. The van der Waals surface area contributed by atoms with E-state index in [9.17, 15) is 14.9 Å². The monoisotopic (exact) mass is 404 g/mol. The zero-order valence-corrected chi connectivity index (χ0v) is 15.9. The average Bonchev–Trinajstić information content (AvgIpc) is 2.63. The molecule has 8 heteroatoms. The van der Waals surface area contributed by atoms with E-state index in [0.29, 0.717) is 5.56 Å². The fourth-order valence-electron chi connectivity index (χ4n) is 2.12. The Morgan fingerprint density at radius 3 is 2.56 bits per heavy atom. The third-order valence-electron chi connectivity index (χ3n) is 3.32. The van der Waals surface area contributed by atoms with E-state index in [1.165, 1.54) is 32.2 Å². The second kappa shape index (κ2) is 9.08. The maximum Gasteiger partial charge on any atom is 0.308 e. The molecule has 138 valence electrons. The molecular weight excluding hydrogens is 391 g/mol. The molecule has 27 heavy (non-hydrogen) atoms. The van der Waals surface area contributed by atoms with Gasteiger partial charge in [-0.25, -0.2) is 0 Å². The largest absolute Gasteiger partial charge is 0.493 e. The van der Waals surface area contributed by atoms with E-state index in [1.807, 2.05) is 6.07 Å². The summed E-state index contributed by atoms with van der Waals surface area (Å²) in [6.45, 7) is 1.27. The van der Waals surface area contributed by atoms with Crippen LogP contribution in [-0.2, 0) is 9.59 Å². The number of nitrogens with zero attached hydrogens (tertiary/aromatic N) is 1. The molecule has 2 rings (SSSR count). The summed E-state index contributed by atoms with van der Waals surface area (Å²) in [5.74, 6) is -0.623. The molecule has 0 spiro atoms. The fraction of sp³-hybridized carbons (Fsp3) is 0.105. The predicted octanol–water partition coefficient (Wildman–Crippen LogP) is 4.47. The minimum Gasteiger partial charge on any atom is -0.493 e. The van der Waals surface area contributed by atoms with Gasteiger partial charge in [-0.15, -0.1) is 0 Å². The Morgan fingerprint density at radius 1 is 1.19 bits per heavy atom. The van der Waals surface area contributed by atoms with Gasteiger partial charge < -0.3 is 14.8 Å². The summed E-state index contributed by atoms with van der Waals surface area (Å²) >= 11 is 11.9. The summed E-state index contributed by atoms with van der Waals surface area (Å²) in [5, 5.41) is 12.3. The van der Waals surface area contributed by atoms with Gasteiger partial charge in [-0.1, -0.05) is 35.3 Å². The fourth-order valence-corrected chi connectivity index (χ4v) is 2.47. The maximum atomic E-state index is 12.4. The van der Waals surface area contributed by atoms with Gasteiger partial charge in [0.1, 0.15) is 11.6 Å². The summed E-state index contributed by atoms with van der Waals surface area (Å²) in [6, 6.07) is 11.2. The Hall–Kier alpha value is -3.01. The Balaban J connectivity index is 2.29. The number of rotatable bonds is 5. The number of nitrogens with one attached hydrogen (secondary N) is 1. The second-order valence-corrected chi connectivity index (χ2v) is 6.01. The summed E-state index contributed by atoms with van der Waals surface area (Å²) in [7, 11) is 1.41. The summed E-state index contributed by atoms with van der Waals surface area (Å²) in [5.41, 5.74) is 0.637. The van der Waals surface area contributed by atoms with Crippen molar-refractivity contribution in [3.63, 3.8) is 0 Å². The van der Waals surface area contributed by atoms with E-state index in [1.54, 1.807) is 24.3 Å².